The van der Waals surface area contributed by atoms with E-state index in [2.05, 4.69) is 24.1 Å². The van der Waals surface area contributed by atoms with Gasteiger partial charge < -0.3 is 19.7 Å². The fourth-order valence-electron chi connectivity index (χ4n) is 3.51. The van der Waals surface area contributed by atoms with Crippen molar-refractivity contribution in [2.45, 2.75) is 33.1 Å². The molecule has 0 fully saturated rings. The topological polar surface area (TPSA) is 67.9 Å². The van der Waals surface area contributed by atoms with Gasteiger partial charge in [0.2, 0.25) is 0 Å². The lowest BCUT2D eigenvalue weighted by molar-refractivity contribution is -0.149. The predicted octanol–water partition coefficient (Wildman–Crippen LogP) is 3.58. The number of hydrogen-bond donors (Lipinski definition) is 1. The van der Waals surface area contributed by atoms with Gasteiger partial charge in [0, 0.05) is 24.5 Å². The van der Waals surface area contributed by atoms with Crippen LogP contribution in [0.15, 0.2) is 42.5 Å². The summed E-state index contributed by atoms with van der Waals surface area (Å²) in [6.07, 6.45) is 3.31. The minimum absolute atomic E-state index is 0.218. The van der Waals surface area contributed by atoms with Crippen molar-refractivity contribution in [1.82, 2.24) is 0 Å². The van der Waals surface area contributed by atoms with Crippen LogP contribution < -0.4 is 15.0 Å². The van der Waals surface area contributed by atoms with Gasteiger partial charge in [-0.15, -0.1) is 0 Å². The average Bonchev–Trinajstić information content (AvgIpc) is 3.21. The SMILES string of the molecule is CCN(CC)c1ccc(NC(=O)COC(=O)COc2ccc3c(c2)CCC3)cc1. The second-order valence-electron chi connectivity index (χ2n) is 7.00. The van der Waals surface area contributed by atoms with Crippen LogP contribution in [0.1, 0.15) is 31.4 Å². The third kappa shape index (κ3) is 5.73. The summed E-state index contributed by atoms with van der Waals surface area (Å²) in [6.45, 7) is 5.48. The number of benzene rings is 2. The van der Waals surface area contributed by atoms with Crippen molar-refractivity contribution in [3.8, 4) is 5.75 Å². The van der Waals surface area contributed by atoms with Crippen molar-refractivity contribution >= 4 is 23.3 Å². The minimum Gasteiger partial charge on any atom is -0.482 e. The molecule has 0 aliphatic heterocycles. The Morgan fingerprint density at radius 1 is 0.966 bits per heavy atom. The molecular formula is C23H28N2O4. The molecule has 29 heavy (non-hydrogen) atoms. The largest absolute Gasteiger partial charge is 0.482 e. The molecule has 1 aliphatic rings. The van der Waals surface area contributed by atoms with E-state index in [9.17, 15) is 9.59 Å². The molecule has 0 atom stereocenters. The first-order valence-corrected chi connectivity index (χ1v) is 10.1. The van der Waals surface area contributed by atoms with E-state index in [0.29, 0.717) is 11.4 Å². The molecule has 2 aromatic carbocycles. The van der Waals surface area contributed by atoms with Crippen LogP contribution in [0.25, 0.3) is 0 Å². The fourth-order valence-corrected chi connectivity index (χ4v) is 3.51. The molecule has 0 saturated carbocycles. The number of carbonyl (C=O) groups is 2. The highest BCUT2D eigenvalue weighted by atomic mass is 16.6. The summed E-state index contributed by atoms with van der Waals surface area (Å²) < 4.78 is 10.5. The molecule has 6 heteroatoms. The zero-order valence-electron chi connectivity index (χ0n) is 17.1. The van der Waals surface area contributed by atoms with Crippen molar-refractivity contribution in [3.05, 3.63) is 53.6 Å². The molecule has 0 heterocycles. The molecular weight excluding hydrogens is 368 g/mol. The Bertz CT molecular complexity index is 844. The lowest BCUT2D eigenvalue weighted by atomic mass is 10.1. The first kappa shape index (κ1) is 20.7. The van der Waals surface area contributed by atoms with Gasteiger partial charge in [0.15, 0.2) is 13.2 Å². The third-order valence-electron chi connectivity index (χ3n) is 5.07. The van der Waals surface area contributed by atoms with Crippen molar-refractivity contribution in [2.75, 3.05) is 36.5 Å². The van der Waals surface area contributed by atoms with Crippen LogP contribution in [-0.2, 0) is 27.2 Å². The summed E-state index contributed by atoms with van der Waals surface area (Å²) >= 11 is 0. The van der Waals surface area contributed by atoms with Crippen molar-refractivity contribution in [3.63, 3.8) is 0 Å². The smallest absolute Gasteiger partial charge is 0.344 e. The van der Waals surface area contributed by atoms with E-state index >= 15 is 0 Å². The number of carbonyl (C=O) groups excluding carboxylic acids is 2. The summed E-state index contributed by atoms with van der Waals surface area (Å²) in [4.78, 5) is 26.1. The number of esters is 1. The Labute approximate surface area is 171 Å². The maximum atomic E-state index is 12.0. The number of nitrogens with one attached hydrogen (secondary N) is 1. The maximum Gasteiger partial charge on any atom is 0.344 e. The summed E-state index contributed by atoms with van der Waals surface area (Å²) in [5, 5.41) is 2.73. The highest BCUT2D eigenvalue weighted by molar-refractivity contribution is 5.93. The van der Waals surface area contributed by atoms with Gasteiger partial charge in [-0.3, -0.25) is 4.79 Å². The van der Waals surface area contributed by atoms with Gasteiger partial charge in [0.1, 0.15) is 5.75 Å². The molecule has 0 spiro atoms. The Hall–Kier alpha value is -3.02. The molecule has 1 aliphatic carbocycles. The molecule has 0 bridgehead atoms. The van der Waals surface area contributed by atoms with E-state index in [1.807, 2.05) is 42.5 Å². The monoisotopic (exact) mass is 396 g/mol. The number of aryl methyl sites for hydroxylation is 2. The summed E-state index contributed by atoms with van der Waals surface area (Å²) in [7, 11) is 0. The number of ether oxygens (including phenoxy) is 2. The highest BCUT2D eigenvalue weighted by Crippen LogP contribution is 2.26. The molecule has 1 N–H and O–H groups in total. The predicted molar refractivity (Wildman–Crippen MR) is 114 cm³/mol. The Morgan fingerprint density at radius 3 is 2.41 bits per heavy atom. The molecule has 1 amide bonds. The fraction of sp³-hybridized carbons (Fsp3) is 0.391. The van der Waals surface area contributed by atoms with Gasteiger partial charge in [-0.05, 0) is 80.6 Å². The lowest BCUT2D eigenvalue weighted by Crippen LogP contribution is -2.24. The first-order chi connectivity index (χ1) is 14.1. The van der Waals surface area contributed by atoms with Crippen molar-refractivity contribution in [1.29, 1.82) is 0 Å². The van der Waals surface area contributed by atoms with E-state index in [0.717, 1.165) is 38.0 Å². The number of hydrogen-bond acceptors (Lipinski definition) is 5. The molecule has 3 rings (SSSR count). The van der Waals surface area contributed by atoms with E-state index in [1.165, 1.54) is 11.1 Å². The van der Waals surface area contributed by atoms with Crippen LogP contribution in [-0.4, -0.2) is 38.2 Å². The Balaban J connectivity index is 1.40. The lowest BCUT2D eigenvalue weighted by Gasteiger charge is -2.21. The summed E-state index contributed by atoms with van der Waals surface area (Å²) in [5.74, 6) is -0.302. The van der Waals surface area contributed by atoms with Crippen LogP contribution in [0.3, 0.4) is 0 Å². The van der Waals surface area contributed by atoms with Gasteiger partial charge in [0.05, 0.1) is 0 Å². The highest BCUT2D eigenvalue weighted by Gasteiger charge is 2.13. The number of nitrogens with zero attached hydrogens (tertiary/aromatic N) is 1. The summed E-state index contributed by atoms with van der Waals surface area (Å²) in [5.41, 5.74) is 4.39. The molecule has 6 nitrogen and oxygen atoms in total. The van der Waals surface area contributed by atoms with Gasteiger partial charge in [-0.1, -0.05) is 6.07 Å². The number of anilines is 2. The second-order valence-corrected chi connectivity index (χ2v) is 7.00. The number of amides is 1. The van der Waals surface area contributed by atoms with Gasteiger partial charge >= 0.3 is 5.97 Å². The molecule has 154 valence electrons. The number of fused-ring (bicyclic) bond motifs is 1. The standard InChI is InChI=1S/C23H28N2O4/c1-3-25(4-2)20-11-9-19(10-12-20)24-22(26)15-29-23(27)16-28-21-13-8-17-6-5-7-18(17)14-21/h8-14H,3-7,15-16H2,1-2H3,(H,24,26). The van der Waals surface area contributed by atoms with E-state index in [-0.39, 0.29) is 19.1 Å². The van der Waals surface area contributed by atoms with Gasteiger partial charge in [0.25, 0.3) is 5.91 Å². The quantitative estimate of drug-likeness (QED) is 0.656. The van der Waals surface area contributed by atoms with Crippen LogP contribution in [0.2, 0.25) is 0 Å². The van der Waals surface area contributed by atoms with Crippen LogP contribution >= 0.6 is 0 Å². The minimum atomic E-state index is -0.572. The zero-order chi connectivity index (χ0) is 20.6. The average molecular weight is 396 g/mol. The van der Waals surface area contributed by atoms with Gasteiger partial charge in [-0.25, -0.2) is 4.79 Å². The molecule has 0 saturated heterocycles. The number of rotatable bonds is 9. The van der Waals surface area contributed by atoms with E-state index in [4.69, 9.17) is 9.47 Å². The Kier molecular flexibility index (Phi) is 7.11. The molecule has 2 aromatic rings. The van der Waals surface area contributed by atoms with Gasteiger partial charge in [-0.2, -0.15) is 0 Å². The van der Waals surface area contributed by atoms with Crippen LogP contribution in [0, 0.1) is 0 Å². The maximum absolute atomic E-state index is 12.0. The third-order valence-corrected chi connectivity index (χ3v) is 5.07. The second kappa shape index (κ2) is 9.96. The van der Waals surface area contributed by atoms with Crippen LogP contribution in [0.5, 0.6) is 5.75 Å². The molecule has 0 radical (unpaired) electrons. The zero-order valence-corrected chi connectivity index (χ0v) is 17.1. The first-order valence-electron chi connectivity index (χ1n) is 10.1. The molecule has 0 unspecified atom stereocenters. The Morgan fingerprint density at radius 2 is 1.69 bits per heavy atom. The van der Waals surface area contributed by atoms with Crippen molar-refractivity contribution < 1.29 is 19.1 Å². The molecule has 0 aromatic heterocycles. The van der Waals surface area contributed by atoms with E-state index in [1.54, 1.807) is 0 Å². The normalized spacial score (nSPS) is 12.2. The summed E-state index contributed by atoms with van der Waals surface area (Å²) in [6, 6.07) is 13.5. The van der Waals surface area contributed by atoms with Crippen LogP contribution in [0.4, 0.5) is 11.4 Å². The van der Waals surface area contributed by atoms with E-state index < -0.39 is 5.97 Å². The van der Waals surface area contributed by atoms with Crippen molar-refractivity contribution in [2.24, 2.45) is 0 Å².